The number of carbonyl (C=O) groups is 1. The summed E-state index contributed by atoms with van der Waals surface area (Å²) in [4.78, 5) is 25.8. The smallest absolute Gasteiger partial charge is 0.397 e. The maximum Gasteiger partial charge on any atom is 0.416 e. The molecule has 0 aliphatic heterocycles. The number of anilines is 1. The summed E-state index contributed by atoms with van der Waals surface area (Å²) in [6, 6.07) is 11.1. The largest absolute Gasteiger partial charge is 0.416 e. The number of aromatic nitrogens is 1. The fourth-order valence-corrected chi connectivity index (χ4v) is 3.78. The average molecular weight is 479 g/mol. The van der Waals surface area contributed by atoms with Crippen LogP contribution in [0.2, 0.25) is 0 Å². The van der Waals surface area contributed by atoms with Crippen molar-refractivity contribution in [1.82, 2.24) is 9.88 Å². The van der Waals surface area contributed by atoms with E-state index in [-0.39, 0.29) is 34.1 Å². The van der Waals surface area contributed by atoms with Gasteiger partial charge in [0.05, 0.1) is 16.1 Å². The highest BCUT2D eigenvalue weighted by Gasteiger charge is 2.31. The predicted octanol–water partition coefficient (Wildman–Crippen LogP) is 3.08. The van der Waals surface area contributed by atoms with Gasteiger partial charge in [0, 0.05) is 24.2 Å². The molecular formula is C22H20F3N3O4S. The summed E-state index contributed by atoms with van der Waals surface area (Å²) in [5.74, 6) is -0.778. The molecule has 1 aromatic heterocycles. The molecule has 33 heavy (non-hydrogen) atoms. The quantitative estimate of drug-likeness (QED) is 0.584. The topological polar surface area (TPSA) is 111 Å². The average Bonchev–Trinajstić information content (AvgIpc) is 2.74. The second-order valence-corrected chi connectivity index (χ2v) is 9.40. The Morgan fingerprint density at radius 3 is 2.30 bits per heavy atom. The zero-order chi connectivity index (χ0) is 24.6. The standard InChI is InChI=1S/C22H20F3N3O4S/c1-13-19(26)11-18(20(29)27-12-14-6-8-17(9-7-14)33(2,31)32)21(30)28(13)16-5-3-4-15(10-16)22(23,24)25/h3-11H,12,26H2,1-2H3,(H,27,29). The first-order valence-corrected chi connectivity index (χ1v) is 11.4. The Bertz CT molecular complexity index is 1380. The third-order valence-electron chi connectivity index (χ3n) is 4.97. The monoisotopic (exact) mass is 479 g/mol. The van der Waals surface area contributed by atoms with Gasteiger partial charge in [-0.1, -0.05) is 18.2 Å². The Morgan fingerprint density at radius 2 is 1.73 bits per heavy atom. The van der Waals surface area contributed by atoms with Gasteiger partial charge in [-0.25, -0.2) is 8.42 Å². The van der Waals surface area contributed by atoms with E-state index in [9.17, 15) is 31.2 Å². The second kappa shape index (κ2) is 8.74. The molecule has 0 bridgehead atoms. The number of pyridine rings is 1. The molecule has 0 unspecified atom stereocenters. The lowest BCUT2D eigenvalue weighted by Crippen LogP contribution is -2.33. The highest BCUT2D eigenvalue weighted by molar-refractivity contribution is 7.90. The Morgan fingerprint density at radius 1 is 1.09 bits per heavy atom. The molecule has 1 heterocycles. The number of carbonyl (C=O) groups excluding carboxylic acids is 1. The summed E-state index contributed by atoms with van der Waals surface area (Å²) < 4.78 is 63.4. The Labute approximate surface area is 187 Å². The number of nitrogen functional groups attached to an aromatic ring is 1. The van der Waals surface area contributed by atoms with Crippen molar-refractivity contribution in [2.24, 2.45) is 0 Å². The van der Waals surface area contributed by atoms with Gasteiger partial charge in [-0.2, -0.15) is 13.2 Å². The van der Waals surface area contributed by atoms with E-state index < -0.39 is 33.0 Å². The number of nitrogens with zero attached hydrogens (tertiary/aromatic N) is 1. The van der Waals surface area contributed by atoms with E-state index in [2.05, 4.69) is 5.32 Å². The summed E-state index contributed by atoms with van der Waals surface area (Å²) in [5, 5.41) is 2.54. The molecule has 1 amide bonds. The van der Waals surface area contributed by atoms with Gasteiger partial charge in [0.25, 0.3) is 11.5 Å². The van der Waals surface area contributed by atoms with Crippen LogP contribution in [-0.4, -0.2) is 25.1 Å². The van der Waals surface area contributed by atoms with Gasteiger partial charge in [0.1, 0.15) is 5.56 Å². The first-order chi connectivity index (χ1) is 15.3. The van der Waals surface area contributed by atoms with Crippen LogP contribution in [0.4, 0.5) is 18.9 Å². The number of amides is 1. The maximum absolute atomic E-state index is 13.1. The van der Waals surface area contributed by atoms with Crippen LogP contribution in [0.3, 0.4) is 0 Å². The van der Waals surface area contributed by atoms with E-state index in [1.165, 1.54) is 43.3 Å². The van der Waals surface area contributed by atoms with Crippen LogP contribution in [0.15, 0.2) is 64.3 Å². The van der Waals surface area contributed by atoms with Gasteiger partial charge in [-0.15, -0.1) is 0 Å². The van der Waals surface area contributed by atoms with Gasteiger partial charge >= 0.3 is 6.18 Å². The number of halogens is 3. The van der Waals surface area contributed by atoms with E-state index in [4.69, 9.17) is 5.73 Å². The zero-order valence-electron chi connectivity index (χ0n) is 17.6. The molecule has 0 aliphatic rings. The molecule has 3 N–H and O–H groups in total. The van der Waals surface area contributed by atoms with Gasteiger partial charge < -0.3 is 11.1 Å². The molecular weight excluding hydrogens is 459 g/mol. The van der Waals surface area contributed by atoms with E-state index in [0.29, 0.717) is 5.56 Å². The molecule has 0 atom stereocenters. The first-order valence-electron chi connectivity index (χ1n) is 9.56. The number of sulfone groups is 1. The number of benzene rings is 2. The van der Waals surface area contributed by atoms with Crippen LogP contribution in [0, 0.1) is 6.92 Å². The van der Waals surface area contributed by atoms with Crippen LogP contribution < -0.4 is 16.6 Å². The predicted molar refractivity (Wildman–Crippen MR) is 117 cm³/mol. The van der Waals surface area contributed by atoms with E-state index in [1.807, 2.05) is 0 Å². The molecule has 0 saturated heterocycles. The van der Waals surface area contributed by atoms with E-state index in [0.717, 1.165) is 29.0 Å². The Kier molecular flexibility index (Phi) is 6.37. The van der Waals surface area contributed by atoms with Crippen molar-refractivity contribution in [3.63, 3.8) is 0 Å². The van der Waals surface area contributed by atoms with Crippen LogP contribution in [-0.2, 0) is 22.6 Å². The molecule has 0 aliphatic carbocycles. The Balaban J connectivity index is 1.93. The minimum Gasteiger partial charge on any atom is -0.397 e. The summed E-state index contributed by atoms with van der Waals surface area (Å²) in [7, 11) is -3.37. The van der Waals surface area contributed by atoms with Gasteiger partial charge in [0.2, 0.25) is 0 Å². The summed E-state index contributed by atoms with van der Waals surface area (Å²) in [6.07, 6.45) is -3.54. The molecule has 3 aromatic rings. The summed E-state index contributed by atoms with van der Waals surface area (Å²) in [6.45, 7) is 1.45. The number of alkyl halides is 3. The second-order valence-electron chi connectivity index (χ2n) is 7.39. The Hall–Kier alpha value is -3.60. The molecule has 3 rings (SSSR count). The minimum absolute atomic E-state index is 0.0142. The molecule has 0 saturated carbocycles. The third-order valence-corrected chi connectivity index (χ3v) is 6.10. The van der Waals surface area contributed by atoms with Crippen molar-refractivity contribution in [3.8, 4) is 5.69 Å². The fourth-order valence-electron chi connectivity index (χ4n) is 3.15. The number of rotatable bonds is 5. The van der Waals surface area contributed by atoms with Crippen LogP contribution in [0.5, 0.6) is 0 Å². The normalized spacial score (nSPS) is 11.9. The van der Waals surface area contributed by atoms with Crippen LogP contribution >= 0.6 is 0 Å². The van der Waals surface area contributed by atoms with Gasteiger partial charge in [-0.05, 0) is 48.9 Å². The highest BCUT2D eigenvalue weighted by Crippen LogP contribution is 2.30. The van der Waals surface area contributed by atoms with Crippen molar-refractivity contribution in [3.05, 3.63) is 87.3 Å². The minimum atomic E-state index is -4.61. The van der Waals surface area contributed by atoms with Crippen molar-refractivity contribution < 1.29 is 26.4 Å². The summed E-state index contributed by atoms with van der Waals surface area (Å²) in [5.41, 5.74) is 4.55. The first kappa shape index (κ1) is 24.1. The SMILES string of the molecule is Cc1c(N)cc(C(=O)NCc2ccc(S(C)(=O)=O)cc2)c(=O)n1-c1cccc(C(F)(F)F)c1. The van der Waals surface area contributed by atoms with E-state index in [1.54, 1.807) is 0 Å². The molecule has 2 aromatic carbocycles. The molecule has 174 valence electrons. The zero-order valence-corrected chi connectivity index (χ0v) is 18.4. The van der Waals surface area contributed by atoms with E-state index >= 15 is 0 Å². The molecule has 0 fully saturated rings. The number of nitrogens with one attached hydrogen (secondary N) is 1. The summed E-state index contributed by atoms with van der Waals surface area (Å²) >= 11 is 0. The van der Waals surface area contributed by atoms with Crippen molar-refractivity contribution in [1.29, 1.82) is 0 Å². The van der Waals surface area contributed by atoms with Crippen molar-refractivity contribution >= 4 is 21.4 Å². The number of hydrogen-bond donors (Lipinski definition) is 2. The lowest BCUT2D eigenvalue weighted by molar-refractivity contribution is -0.137. The molecule has 11 heteroatoms. The van der Waals surface area contributed by atoms with Gasteiger partial charge in [0.15, 0.2) is 9.84 Å². The fraction of sp³-hybridized carbons (Fsp3) is 0.182. The maximum atomic E-state index is 13.1. The number of nitrogens with two attached hydrogens (primary N) is 1. The van der Waals surface area contributed by atoms with Crippen LogP contribution in [0.25, 0.3) is 5.69 Å². The van der Waals surface area contributed by atoms with Crippen molar-refractivity contribution in [2.45, 2.75) is 24.5 Å². The van der Waals surface area contributed by atoms with Crippen LogP contribution in [0.1, 0.15) is 27.2 Å². The molecule has 0 radical (unpaired) electrons. The van der Waals surface area contributed by atoms with Gasteiger partial charge in [-0.3, -0.25) is 14.2 Å². The lowest BCUT2D eigenvalue weighted by Gasteiger charge is -2.16. The third kappa shape index (κ3) is 5.25. The number of hydrogen-bond acceptors (Lipinski definition) is 5. The molecule has 7 nitrogen and oxygen atoms in total. The molecule has 0 spiro atoms. The highest BCUT2D eigenvalue weighted by atomic mass is 32.2. The van der Waals surface area contributed by atoms with Crippen molar-refractivity contribution in [2.75, 3.05) is 12.0 Å². The lowest BCUT2D eigenvalue weighted by atomic mass is 10.1.